The normalized spacial score (nSPS) is 14.3. The van der Waals surface area contributed by atoms with Crippen LogP contribution in [-0.2, 0) is 24.4 Å². The molecule has 0 bridgehead atoms. The predicted molar refractivity (Wildman–Crippen MR) is 84.5 cm³/mol. The van der Waals surface area contributed by atoms with E-state index < -0.39 is 0 Å². The Morgan fingerprint density at radius 2 is 2.22 bits per heavy atom. The quantitative estimate of drug-likeness (QED) is 0.926. The van der Waals surface area contributed by atoms with E-state index in [1.165, 1.54) is 6.92 Å². The molecule has 122 valence electrons. The molecule has 2 aromatic heterocycles. The molecule has 0 unspecified atom stereocenters. The van der Waals surface area contributed by atoms with Gasteiger partial charge in [0.05, 0.1) is 30.8 Å². The van der Waals surface area contributed by atoms with Crippen molar-refractivity contribution >= 4 is 11.8 Å². The first-order valence-electron chi connectivity index (χ1n) is 7.73. The average molecular weight is 315 g/mol. The maximum atomic E-state index is 12.6. The molecule has 1 aliphatic heterocycles. The molecule has 7 nitrogen and oxygen atoms in total. The smallest absolute Gasteiger partial charge is 0.270 e. The Labute approximate surface area is 134 Å². The first-order chi connectivity index (χ1) is 11.1. The lowest BCUT2D eigenvalue weighted by Gasteiger charge is -2.21. The minimum Gasteiger partial charge on any atom is -0.357 e. The van der Waals surface area contributed by atoms with Gasteiger partial charge in [0, 0.05) is 33.3 Å². The van der Waals surface area contributed by atoms with E-state index >= 15 is 0 Å². The van der Waals surface area contributed by atoms with Gasteiger partial charge in [0.15, 0.2) is 0 Å². The average Bonchev–Trinajstić information content (AvgIpc) is 3.12. The highest BCUT2D eigenvalue weighted by molar-refractivity contribution is 5.92. The van der Waals surface area contributed by atoms with E-state index in [1.807, 2.05) is 11.0 Å². The van der Waals surface area contributed by atoms with Gasteiger partial charge in [-0.2, -0.15) is 0 Å². The summed E-state index contributed by atoms with van der Waals surface area (Å²) >= 11 is 0. The summed E-state index contributed by atoms with van der Waals surface area (Å²) in [6.45, 7) is 4.05. The Kier molecular flexibility index (Phi) is 4.18. The maximum Gasteiger partial charge on any atom is 0.270 e. The third-order valence-corrected chi connectivity index (χ3v) is 4.24. The molecule has 0 spiro atoms. The molecule has 0 saturated heterocycles. The zero-order valence-electron chi connectivity index (χ0n) is 13.5. The molecule has 3 heterocycles. The predicted octanol–water partition coefficient (Wildman–Crippen LogP) is 1.24. The fraction of sp³-hybridized carbons (Fsp3) is 0.438. The number of amides is 2. The van der Waals surface area contributed by atoms with Crippen LogP contribution in [0.15, 0.2) is 24.7 Å². The first kappa shape index (κ1) is 15.3. The van der Waals surface area contributed by atoms with E-state index in [2.05, 4.69) is 14.5 Å². The van der Waals surface area contributed by atoms with Crippen molar-refractivity contribution in [3.05, 3.63) is 41.7 Å². The molecule has 0 aromatic carbocycles. The van der Waals surface area contributed by atoms with E-state index in [-0.39, 0.29) is 11.8 Å². The molecular weight excluding hydrogens is 294 g/mol. The second-order valence-corrected chi connectivity index (χ2v) is 5.87. The van der Waals surface area contributed by atoms with Gasteiger partial charge < -0.3 is 19.4 Å². The number of fused-ring (bicyclic) bond motifs is 1. The molecule has 3 rings (SSSR count). The van der Waals surface area contributed by atoms with Crippen LogP contribution in [0.5, 0.6) is 0 Å². The van der Waals surface area contributed by atoms with Gasteiger partial charge in [0.2, 0.25) is 5.91 Å². The fourth-order valence-electron chi connectivity index (χ4n) is 2.79. The van der Waals surface area contributed by atoms with Crippen molar-refractivity contribution < 1.29 is 9.59 Å². The Balaban J connectivity index is 1.82. The van der Waals surface area contributed by atoms with Crippen LogP contribution in [0.25, 0.3) is 0 Å². The second-order valence-electron chi connectivity index (χ2n) is 5.87. The highest BCUT2D eigenvalue weighted by Gasteiger charge is 2.24. The molecule has 1 aliphatic rings. The van der Waals surface area contributed by atoms with Crippen molar-refractivity contribution in [2.24, 2.45) is 0 Å². The highest BCUT2D eigenvalue weighted by Crippen LogP contribution is 2.19. The molecule has 7 heteroatoms. The van der Waals surface area contributed by atoms with Crippen LogP contribution < -0.4 is 0 Å². The van der Waals surface area contributed by atoms with Crippen LogP contribution in [0, 0.1) is 0 Å². The van der Waals surface area contributed by atoms with E-state index in [0.717, 1.165) is 24.4 Å². The van der Waals surface area contributed by atoms with Gasteiger partial charge in [0.25, 0.3) is 5.91 Å². The minimum absolute atomic E-state index is 0.000287. The number of nitrogens with one attached hydrogen (secondary N) is 1. The molecule has 0 radical (unpaired) electrons. The van der Waals surface area contributed by atoms with Gasteiger partial charge in [-0.05, 0) is 18.6 Å². The standard InChI is InChI=1S/C16H21N5O2/c1-12(22)19(2)9-14-15-10-20(7-4-8-21(15)11-18-14)16(23)13-5-3-6-17-13/h3,5-6,11,17H,4,7-10H2,1-2H3. The van der Waals surface area contributed by atoms with Crippen LogP contribution in [0.3, 0.4) is 0 Å². The van der Waals surface area contributed by atoms with Crippen molar-refractivity contribution in [3.63, 3.8) is 0 Å². The number of hydrogen-bond acceptors (Lipinski definition) is 3. The number of carbonyl (C=O) groups excluding carboxylic acids is 2. The zero-order chi connectivity index (χ0) is 16.4. The van der Waals surface area contributed by atoms with E-state index in [0.29, 0.717) is 25.3 Å². The lowest BCUT2D eigenvalue weighted by atomic mass is 10.2. The highest BCUT2D eigenvalue weighted by atomic mass is 16.2. The first-order valence-corrected chi connectivity index (χ1v) is 7.73. The summed E-state index contributed by atoms with van der Waals surface area (Å²) in [6, 6.07) is 3.61. The zero-order valence-corrected chi connectivity index (χ0v) is 13.5. The van der Waals surface area contributed by atoms with Crippen LogP contribution >= 0.6 is 0 Å². The van der Waals surface area contributed by atoms with Crippen LogP contribution in [0.2, 0.25) is 0 Å². The third-order valence-electron chi connectivity index (χ3n) is 4.24. The molecule has 0 saturated carbocycles. The fourth-order valence-corrected chi connectivity index (χ4v) is 2.79. The van der Waals surface area contributed by atoms with Gasteiger partial charge in [-0.15, -0.1) is 0 Å². The van der Waals surface area contributed by atoms with Gasteiger partial charge in [-0.25, -0.2) is 4.98 Å². The summed E-state index contributed by atoms with van der Waals surface area (Å²) < 4.78 is 2.09. The van der Waals surface area contributed by atoms with Crippen molar-refractivity contribution in [1.82, 2.24) is 24.3 Å². The number of aryl methyl sites for hydroxylation is 1. The van der Waals surface area contributed by atoms with Gasteiger partial charge >= 0.3 is 0 Å². The van der Waals surface area contributed by atoms with Gasteiger partial charge in [-0.3, -0.25) is 9.59 Å². The molecule has 0 aliphatic carbocycles. The summed E-state index contributed by atoms with van der Waals surface area (Å²) in [5, 5.41) is 0. The maximum absolute atomic E-state index is 12.6. The number of carbonyl (C=O) groups is 2. The number of rotatable bonds is 3. The van der Waals surface area contributed by atoms with Crippen LogP contribution in [0.4, 0.5) is 0 Å². The number of H-pyrrole nitrogens is 1. The lowest BCUT2D eigenvalue weighted by Crippen LogP contribution is -2.31. The lowest BCUT2D eigenvalue weighted by molar-refractivity contribution is -0.128. The summed E-state index contributed by atoms with van der Waals surface area (Å²) in [6.07, 6.45) is 4.45. The largest absolute Gasteiger partial charge is 0.357 e. The van der Waals surface area contributed by atoms with Crippen LogP contribution in [-0.4, -0.2) is 49.7 Å². The Bertz CT molecular complexity index is 704. The van der Waals surface area contributed by atoms with E-state index in [9.17, 15) is 9.59 Å². The number of aromatic amines is 1. The van der Waals surface area contributed by atoms with Gasteiger partial charge in [-0.1, -0.05) is 0 Å². The number of imidazole rings is 1. The molecule has 2 amide bonds. The van der Waals surface area contributed by atoms with Gasteiger partial charge in [0.1, 0.15) is 5.69 Å². The Hall–Kier alpha value is -2.57. The van der Waals surface area contributed by atoms with Crippen molar-refractivity contribution in [1.29, 1.82) is 0 Å². The minimum atomic E-state index is -0.00415. The van der Waals surface area contributed by atoms with E-state index in [4.69, 9.17) is 0 Å². The van der Waals surface area contributed by atoms with Crippen molar-refractivity contribution in [2.75, 3.05) is 13.6 Å². The summed E-state index contributed by atoms with van der Waals surface area (Å²) in [5.41, 5.74) is 2.46. The molecular formula is C16H21N5O2. The van der Waals surface area contributed by atoms with Crippen molar-refractivity contribution in [3.8, 4) is 0 Å². The SMILES string of the molecule is CC(=O)N(C)Cc1ncn2c1CN(C(=O)c1ccc[nH]1)CCC2. The van der Waals surface area contributed by atoms with Crippen LogP contribution in [0.1, 0.15) is 35.2 Å². The monoisotopic (exact) mass is 315 g/mol. The summed E-state index contributed by atoms with van der Waals surface area (Å²) in [4.78, 5) is 34.9. The summed E-state index contributed by atoms with van der Waals surface area (Å²) in [7, 11) is 1.76. The number of nitrogens with zero attached hydrogens (tertiary/aromatic N) is 4. The van der Waals surface area contributed by atoms with Crippen molar-refractivity contribution in [2.45, 2.75) is 33.0 Å². The molecule has 23 heavy (non-hydrogen) atoms. The Morgan fingerprint density at radius 3 is 2.91 bits per heavy atom. The molecule has 1 N–H and O–H groups in total. The third kappa shape index (κ3) is 3.13. The molecule has 0 fully saturated rings. The molecule has 0 atom stereocenters. The second kappa shape index (κ2) is 6.28. The molecule has 2 aromatic rings. The van der Waals surface area contributed by atoms with E-state index in [1.54, 1.807) is 30.5 Å². The number of hydrogen-bond donors (Lipinski definition) is 1. The Morgan fingerprint density at radius 1 is 1.39 bits per heavy atom. The summed E-state index contributed by atoms with van der Waals surface area (Å²) in [5.74, 6) is -0.00443. The topological polar surface area (TPSA) is 74.2 Å². The number of aromatic nitrogens is 3.